The summed E-state index contributed by atoms with van der Waals surface area (Å²) in [5, 5.41) is 0. The number of hydrogen-bond acceptors (Lipinski definition) is 7. The van der Waals surface area contributed by atoms with Crippen molar-refractivity contribution in [3.05, 3.63) is 30.6 Å². The van der Waals surface area contributed by atoms with E-state index >= 15 is 0 Å². The average molecular weight is 375 g/mol. The van der Waals surface area contributed by atoms with Crippen LogP contribution in [0.2, 0.25) is 0 Å². The maximum atomic E-state index is 12.7. The van der Waals surface area contributed by atoms with Gasteiger partial charge in [-0.1, -0.05) is 0 Å². The Labute approximate surface area is 158 Å². The molecule has 0 bridgehead atoms. The van der Waals surface area contributed by atoms with Crippen LogP contribution in [-0.4, -0.2) is 42.9 Å². The fourth-order valence-electron chi connectivity index (χ4n) is 2.05. The zero-order chi connectivity index (χ0) is 20.4. The smallest absolute Gasteiger partial charge is 0.425 e. The third kappa shape index (κ3) is 5.50. The summed E-state index contributed by atoms with van der Waals surface area (Å²) in [6, 6.07) is 0. The van der Waals surface area contributed by atoms with Crippen molar-refractivity contribution < 1.29 is 19.1 Å². The fourth-order valence-corrected chi connectivity index (χ4v) is 2.05. The molecule has 0 radical (unpaired) electrons. The predicted molar refractivity (Wildman–Crippen MR) is 98.8 cm³/mol. The Kier molecular flexibility index (Phi) is 5.53. The number of aromatic nitrogens is 4. The highest BCUT2D eigenvalue weighted by Crippen LogP contribution is 2.21. The second kappa shape index (κ2) is 7.34. The zero-order valence-corrected chi connectivity index (χ0v) is 16.7. The molecular formula is C18H25N5O4. The van der Waals surface area contributed by atoms with E-state index in [1.165, 1.54) is 12.4 Å². The third-order valence-electron chi connectivity index (χ3n) is 3.06. The first-order valence-electron chi connectivity index (χ1n) is 8.45. The standard InChI is InChI=1S/C18H25N5O4/c1-12-8-20-11-22(12)13-9-19-10-14(21-13)23(15(24)26-17(2,3)4)16(25)27-18(5,6)7/h8-11H,1-7H3. The number of carbonyl (C=O) groups is 2. The van der Waals surface area contributed by atoms with Crippen molar-refractivity contribution in [1.29, 1.82) is 0 Å². The summed E-state index contributed by atoms with van der Waals surface area (Å²) in [6.45, 7) is 12.1. The topological polar surface area (TPSA) is 99.4 Å². The second-order valence-electron chi connectivity index (χ2n) is 7.94. The van der Waals surface area contributed by atoms with Gasteiger partial charge in [-0.05, 0) is 48.5 Å². The van der Waals surface area contributed by atoms with Crippen molar-refractivity contribution in [3.63, 3.8) is 0 Å². The van der Waals surface area contributed by atoms with Crippen LogP contribution < -0.4 is 4.90 Å². The molecule has 2 aromatic rings. The van der Waals surface area contributed by atoms with Crippen molar-refractivity contribution in [2.24, 2.45) is 0 Å². The number of ether oxygens (including phenoxy) is 2. The Morgan fingerprint density at radius 1 is 0.926 bits per heavy atom. The van der Waals surface area contributed by atoms with Gasteiger partial charge in [0, 0.05) is 11.9 Å². The van der Waals surface area contributed by atoms with Crippen molar-refractivity contribution >= 4 is 18.0 Å². The number of imidazole rings is 1. The molecule has 0 saturated heterocycles. The molecule has 0 aliphatic heterocycles. The quantitative estimate of drug-likeness (QED) is 0.790. The van der Waals surface area contributed by atoms with Crippen LogP contribution in [0.3, 0.4) is 0 Å². The Bertz CT molecular complexity index is 805. The van der Waals surface area contributed by atoms with Gasteiger partial charge in [0.2, 0.25) is 0 Å². The van der Waals surface area contributed by atoms with Gasteiger partial charge >= 0.3 is 12.2 Å². The van der Waals surface area contributed by atoms with E-state index in [-0.39, 0.29) is 5.82 Å². The van der Waals surface area contributed by atoms with Crippen molar-refractivity contribution in [2.75, 3.05) is 4.90 Å². The number of hydrogen-bond donors (Lipinski definition) is 0. The number of rotatable bonds is 2. The maximum Gasteiger partial charge on any atom is 0.425 e. The molecular weight excluding hydrogens is 350 g/mol. The molecule has 2 rings (SSSR count). The fraction of sp³-hybridized carbons (Fsp3) is 0.500. The minimum absolute atomic E-state index is 0.0101. The summed E-state index contributed by atoms with van der Waals surface area (Å²) in [5.41, 5.74) is -0.783. The first-order valence-corrected chi connectivity index (χ1v) is 8.45. The minimum Gasteiger partial charge on any atom is -0.443 e. The van der Waals surface area contributed by atoms with Crippen LogP contribution in [0.15, 0.2) is 24.9 Å². The van der Waals surface area contributed by atoms with E-state index in [0.29, 0.717) is 5.82 Å². The molecule has 146 valence electrons. The number of anilines is 1. The molecule has 0 atom stereocenters. The third-order valence-corrected chi connectivity index (χ3v) is 3.06. The Morgan fingerprint density at radius 3 is 1.93 bits per heavy atom. The molecule has 2 aromatic heterocycles. The molecule has 0 aliphatic rings. The van der Waals surface area contributed by atoms with E-state index in [9.17, 15) is 9.59 Å². The number of aryl methyl sites for hydroxylation is 1. The van der Waals surface area contributed by atoms with E-state index < -0.39 is 23.4 Å². The summed E-state index contributed by atoms with van der Waals surface area (Å²) >= 11 is 0. The molecule has 0 spiro atoms. The highest BCUT2D eigenvalue weighted by atomic mass is 16.6. The highest BCUT2D eigenvalue weighted by Gasteiger charge is 2.34. The Morgan fingerprint density at radius 2 is 1.48 bits per heavy atom. The summed E-state index contributed by atoms with van der Waals surface area (Å²) in [5.74, 6) is 0.392. The number of nitrogens with zero attached hydrogens (tertiary/aromatic N) is 5. The van der Waals surface area contributed by atoms with Gasteiger partial charge in [0.15, 0.2) is 11.6 Å². The zero-order valence-electron chi connectivity index (χ0n) is 16.7. The number of imide groups is 1. The van der Waals surface area contributed by atoms with E-state index in [0.717, 1.165) is 10.6 Å². The van der Waals surface area contributed by atoms with Gasteiger partial charge in [-0.15, -0.1) is 0 Å². The van der Waals surface area contributed by atoms with Gasteiger partial charge in [0.1, 0.15) is 17.5 Å². The van der Waals surface area contributed by atoms with Crippen molar-refractivity contribution in [2.45, 2.75) is 59.7 Å². The largest absolute Gasteiger partial charge is 0.443 e. The first kappa shape index (κ1) is 20.3. The number of carbonyl (C=O) groups excluding carboxylic acids is 2. The van der Waals surface area contributed by atoms with Gasteiger partial charge in [-0.3, -0.25) is 9.55 Å². The Balaban J connectivity index is 2.45. The summed E-state index contributed by atoms with van der Waals surface area (Å²) in [7, 11) is 0. The van der Waals surface area contributed by atoms with Crippen LogP contribution >= 0.6 is 0 Å². The highest BCUT2D eigenvalue weighted by molar-refractivity contribution is 6.08. The number of amides is 2. The second-order valence-corrected chi connectivity index (χ2v) is 7.94. The van der Waals surface area contributed by atoms with Gasteiger partial charge in [0.05, 0.1) is 12.4 Å². The van der Waals surface area contributed by atoms with Gasteiger partial charge in [-0.25, -0.2) is 19.6 Å². The summed E-state index contributed by atoms with van der Waals surface area (Å²) in [6.07, 6.45) is 4.22. The molecule has 27 heavy (non-hydrogen) atoms. The van der Waals surface area contributed by atoms with Crippen LogP contribution in [0.1, 0.15) is 47.2 Å². The molecule has 0 fully saturated rings. The molecule has 0 unspecified atom stereocenters. The van der Waals surface area contributed by atoms with Crippen molar-refractivity contribution in [1.82, 2.24) is 19.5 Å². The lowest BCUT2D eigenvalue weighted by Crippen LogP contribution is -2.44. The molecule has 9 heteroatoms. The summed E-state index contributed by atoms with van der Waals surface area (Å²) in [4.78, 5) is 38.6. The van der Waals surface area contributed by atoms with Crippen LogP contribution in [0.4, 0.5) is 15.4 Å². The lowest BCUT2D eigenvalue weighted by Gasteiger charge is -2.28. The molecule has 0 aliphatic carbocycles. The normalized spacial score (nSPS) is 11.8. The Hall–Kier alpha value is -2.97. The van der Waals surface area contributed by atoms with Crippen molar-refractivity contribution in [3.8, 4) is 5.82 Å². The van der Waals surface area contributed by atoms with E-state index in [2.05, 4.69) is 15.0 Å². The molecule has 2 heterocycles. The van der Waals surface area contributed by atoms with E-state index in [4.69, 9.17) is 9.47 Å². The predicted octanol–water partition coefficient (Wildman–Crippen LogP) is 3.65. The van der Waals surface area contributed by atoms with Crippen LogP contribution in [-0.2, 0) is 9.47 Å². The molecule has 0 aromatic carbocycles. The lowest BCUT2D eigenvalue weighted by atomic mass is 10.2. The van der Waals surface area contributed by atoms with Gasteiger partial charge in [0.25, 0.3) is 0 Å². The molecule has 9 nitrogen and oxygen atoms in total. The summed E-state index contributed by atoms with van der Waals surface area (Å²) < 4.78 is 12.4. The first-order chi connectivity index (χ1) is 12.4. The molecule has 2 amide bonds. The van der Waals surface area contributed by atoms with Gasteiger partial charge < -0.3 is 9.47 Å². The van der Waals surface area contributed by atoms with E-state index in [1.807, 2.05) is 6.92 Å². The monoisotopic (exact) mass is 375 g/mol. The minimum atomic E-state index is -0.898. The molecule has 0 saturated carbocycles. The average Bonchev–Trinajstić information content (AvgIpc) is 2.90. The van der Waals surface area contributed by atoms with Crippen LogP contribution in [0.25, 0.3) is 5.82 Å². The molecule has 0 N–H and O–H groups in total. The van der Waals surface area contributed by atoms with Crippen LogP contribution in [0, 0.1) is 6.92 Å². The van der Waals surface area contributed by atoms with E-state index in [1.54, 1.807) is 58.6 Å². The van der Waals surface area contributed by atoms with Gasteiger partial charge in [-0.2, -0.15) is 4.90 Å². The van der Waals surface area contributed by atoms with Crippen LogP contribution in [0.5, 0.6) is 0 Å². The maximum absolute atomic E-state index is 12.7. The SMILES string of the molecule is Cc1cncn1-c1cncc(N(C(=O)OC(C)(C)C)C(=O)OC(C)(C)C)n1. The lowest BCUT2D eigenvalue weighted by molar-refractivity contribution is 0.0429.